The number of ether oxygens (including phenoxy) is 1. The molecule has 0 spiro atoms. The van der Waals surface area contributed by atoms with Gasteiger partial charge in [-0.15, -0.1) is 0 Å². The topological polar surface area (TPSA) is 75.7 Å². The Morgan fingerprint density at radius 3 is 2.23 bits per heavy atom. The molecule has 1 atom stereocenters. The maximum Gasteiger partial charge on any atom is 0.244 e. The van der Waals surface area contributed by atoms with Crippen LogP contribution in [0.2, 0.25) is 0 Å². The number of para-hydroxylation sites is 1. The monoisotopic (exact) mass is 376 g/mol. The van der Waals surface area contributed by atoms with E-state index < -0.39 is 16.1 Å². The Morgan fingerprint density at radius 1 is 1.12 bits per heavy atom. The lowest BCUT2D eigenvalue weighted by atomic mass is 10.1. The molecule has 2 rings (SSSR count). The van der Waals surface area contributed by atoms with Gasteiger partial charge in [0.1, 0.15) is 11.8 Å². The summed E-state index contributed by atoms with van der Waals surface area (Å²) in [6.45, 7) is 2.10. The summed E-state index contributed by atoms with van der Waals surface area (Å²) in [5.41, 5.74) is 1.38. The molecule has 0 aliphatic carbocycles. The summed E-state index contributed by atoms with van der Waals surface area (Å²) in [4.78, 5) is 12.7. The van der Waals surface area contributed by atoms with Gasteiger partial charge in [-0.3, -0.25) is 9.10 Å². The first-order chi connectivity index (χ1) is 12.4. The number of rotatable bonds is 8. The van der Waals surface area contributed by atoms with Crippen molar-refractivity contribution in [3.05, 3.63) is 60.2 Å². The number of methoxy groups -OCH3 is 1. The first-order valence-electron chi connectivity index (χ1n) is 8.32. The van der Waals surface area contributed by atoms with Crippen LogP contribution in [0.5, 0.6) is 5.75 Å². The van der Waals surface area contributed by atoms with Crippen molar-refractivity contribution >= 4 is 21.6 Å². The Hall–Kier alpha value is -2.54. The van der Waals surface area contributed by atoms with Gasteiger partial charge in [0.2, 0.25) is 15.9 Å². The fourth-order valence-electron chi connectivity index (χ4n) is 2.69. The Labute approximate surface area is 154 Å². The average Bonchev–Trinajstić information content (AvgIpc) is 2.64. The second kappa shape index (κ2) is 8.71. The lowest BCUT2D eigenvalue weighted by Gasteiger charge is -2.30. The van der Waals surface area contributed by atoms with Gasteiger partial charge in [0.05, 0.1) is 19.1 Å². The summed E-state index contributed by atoms with van der Waals surface area (Å²) in [6.07, 6.45) is 1.47. The molecule has 1 N–H and O–H groups in total. The van der Waals surface area contributed by atoms with E-state index in [1.807, 2.05) is 24.3 Å². The predicted octanol–water partition coefficient (Wildman–Crippen LogP) is 2.56. The van der Waals surface area contributed by atoms with Gasteiger partial charge in [-0.05, 0) is 36.2 Å². The van der Waals surface area contributed by atoms with E-state index in [0.717, 1.165) is 17.6 Å². The Bertz CT molecular complexity index is 820. The third kappa shape index (κ3) is 4.98. The summed E-state index contributed by atoms with van der Waals surface area (Å²) in [5.74, 6) is 0.399. The van der Waals surface area contributed by atoms with E-state index in [2.05, 4.69) is 5.32 Å². The van der Waals surface area contributed by atoms with Crippen LogP contribution in [0.1, 0.15) is 18.9 Å². The van der Waals surface area contributed by atoms with E-state index in [4.69, 9.17) is 4.74 Å². The highest BCUT2D eigenvalue weighted by Crippen LogP contribution is 2.22. The fourth-order valence-corrected chi connectivity index (χ4v) is 3.90. The minimum Gasteiger partial charge on any atom is -0.497 e. The van der Waals surface area contributed by atoms with Crippen LogP contribution in [0.4, 0.5) is 5.69 Å². The predicted molar refractivity (Wildman–Crippen MR) is 103 cm³/mol. The molecule has 1 unspecified atom stereocenters. The number of amides is 1. The summed E-state index contributed by atoms with van der Waals surface area (Å²) >= 11 is 0. The Balaban J connectivity index is 2.17. The molecule has 0 heterocycles. The SMILES string of the molecule is CCC(C(=O)NCc1ccc(OC)cc1)N(c1ccccc1)S(C)(=O)=O. The first kappa shape index (κ1) is 19.8. The highest BCUT2D eigenvalue weighted by atomic mass is 32.2. The number of carbonyl (C=O) groups excluding carboxylic acids is 1. The smallest absolute Gasteiger partial charge is 0.244 e. The normalized spacial score (nSPS) is 12.3. The third-order valence-electron chi connectivity index (χ3n) is 3.97. The zero-order valence-electron chi connectivity index (χ0n) is 15.2. The molecule has 2 aromatic carbocycles. The third-order valence-corrected chi connectivity index (χ3v) is 5.15. The van der Waals surface area contributed by atoms with Gasteiger partial charge in [0.25, 0.3) is 0 Å². The molecular formula is C19H24N2O4S. The largest absolute Gasteiger partial charge is 0.497 e. The molecule has 1 amide bonds. The van der Waals surface area contributed by atoms with Crippen molar-refractivity contribution in [2.24, 2.45) is 0 Å². The van der Waals surface area contributed by atoms with E-state index >= 15 is 0 Å². The standard InChI is InChI=1S/C19H24N2O4S/c1-4-18(21(26(3,23)24)16-8-6-5-7-9-16)19(22)20-14-15-10-12-17(25-2)13-11-15/h5-13,18H,4,14H2,1-3H3,(H,20,22). The molecular weight excluding hydrogens is 352 g/mol. The zero-order chi connectivity index (χ0) is 19.2. The number of sulfonamides is 1. The molecule has 0 aliphatic rings. The summed E-state index contributed by atoms with van der Waals surface area (Å²) < 4.78 is 30.9. The molecule has 0 aliphatic heterocycles. The molecule has 7 heteroatoms. The maximum absolute atomic E-state index is 12.7. The van der Waals surface area contributed by atoms with Gasteiger partial charge < -0.3 is 10.1 Å². The van der Waals surface area contributed by atoms with Crippen LogP contribution in [0.25, 0.3) is 0 Å². The Morgan fingerprint density at radius 2 is 1.73 bits per heavy atom. The molecule has 2 aromatic rings. The van der Waals surface area contributed by atoms with Crippen molar-refractivity contribution in [2.45, 2.75) is 25.9 Å². The van der Waals surface area contributed by atoms with Crippen LogP contribution in [-0.4, -0.2) is 33.7 Å². The molecule has 0 bridgehead atoms. The van der Waals surface area contributed by atoms with Crippen molar-refractivity contribution in [2.75, 3.05) is 17.7 Å². The van der Waals surface area contributed by atoms with Gasteiger partial charge in [-0.1, -0.05) is 37.3 Å². The number of anilines is 1. The molecule has 0 saturated heterocycles. The number of nitrogens with zero attached hydrogens (tertiary/aromatic N) is 1. The second-order valence-corrected chi connectivity index (χ2v) is 7.74. The van der Waals surface area contributed by atoms with Crippen molar-refractivity contribution in [1.82, 2.24) is 5.32 Å². The van der Waals surface area contributed by atoms with Crippen molar-refractivity contribution in [3.8, 4) is 5.75 Å². The van der Waals surface area contributed by atoms with E-state index in [1.165, 1.54) is 4.31 Å². The molecule has 140 valence electrons. The Kier molecular flexibility index (Phi) is 6.63. The quantitative estimate of drug-likeness (QED) is 0.768. The highest BCUT2D eigenvalue weighted by Gasteiger charge is 2.31. The molecule has 0 fully saturated rings. The fraction of sp³-hybridized carbons (Fsp3) is 0.316. The number of benzene rings is 2. The zero-order valence-corrected chi connectivity index (χ0v) is 16.0. The van der Waals surface area contributed by atoms with E-state index in [0.29, 0.717) is 18.7 Å². The van der Waals surface area contributed by atoms with Crippen molar-refractivity contribution < 1.29 is 17.9 Å². The van der Waals surface area contributed by atoms with E-state index in [-0.39, 0.29) is 5.91 Å². The molecule has 6 nitrogen and oxygen atoms in total. The maximum atomic E-state index is 12.7. The number of nitrogens with one attached hydrogen (secondary N) is 1. The second-order valence-electron chi connectivity index (χ2n) is 5.88. The van der Waals surface area contributed by atoms with Crippen molar-refractivity contribution in [1.29, 1.82) is 0 Å². The van der Waals surface area contributed by atoms with Crippen LogP contribution in [0, 0.1) is 0 Å². The number of hydrogen-bond donors (Lipinski definition) is 1. The van der Waals surface area contributed by atoms with Gasteiger partial charge in [0, 0.05) is 6.54 Å². The first-order valence-corrected chi connectivity index (χ1v) is 10.2. The highest BCUT2D eigenvalue weighted by molar-refractivity contribution is 7.92. The lowest BCUT2D eigenvalue weighted by molar-refractivity contribution is -0.122. The van der Waals surface area contributed by atoms with E-state index in [9.17, 15) is 13.2 Å². The van der Waals surface area contributed by atoms with Crippen LogP contribution >= 0.6 is 0 Å². The molecule has 0 aromatic heterocycles. The van der Waals surface area contributed by atoms with Gasteiger partial charge in [-0.25, -0.2) is 8.42 Å². The van der Waals surface area contributed by atoms with Crippen LogP contribution in [-0.2, 0) is 21.4 Å². The van der Waals surface area contributed by atoms with E-state index in [1.54, 1.807) is 44.4 Å². The van der Waals surface area contributed by atoms with Gasteiger partial charge in [-0.2, -0.15) is 0 Å². The minimum absolute atomic E-state index is 0.311. The van der Waals surface area contributed by atoms with Gasteiger partial charge >= 0.3 is 0 Å². The van der Waals surface area contributed by atoms with Crippen molar-refractivity contribution in [3.63, 3.8) is 0 Å². The molecule has 0 radical (unpaired) electrons. The molecule has 0 saturated carbocycles. The summed E-state index contributed by atoms with van der Waals surface area (Å²) in [5, 5.41) is 2.82. The minimum atomic E-state index is -3.61. The van der Waals surface area contributed by atoms with Crippen LogP contribution in [0.15, 0.2) is 54.6 Å². The van der Waals surface area contributed by atoms with Crippen LogP contribution in [0.3, 0.4) is 0 Å². The summed E-state index contributed by atoms with van der Waals surface area (Å²) in [6, 6.07) is 15.2. The number of hydrogen-bond acceptors (Lipinski definition) is 4. The number of carbonyl (C=O) groups is 1. The lowest BCUT2D eigenvalue weighted by Crippen LogP contribution is -2.49. The average molecular weight is 376 g/mol. The van der Waals surface area contributed by atoms with Gasteiger partial charge in [0.15, 0.2) is 0 Å². The summed E-state index contributed by atoms with van der Waals surface area (Å²) in [7, 11) is -2.02. The molecule has 26 heavy (non-hydrogen) atoms. The van der Waals surface area contributed by atoms with Crippen LogP contribution < -0.4 is 14.4 Å².